The third-order valence-corrected chi connectivity index (χ3v) is 3.27. The molecule has 2 aromatic heterocycles. The number of anilines is 1. The molecule has 19 heavy (non-hydrogen) atoms. The molecule has 7 heteroatoms. The number of carbonyl (C=O) groups is 1. The van der Waals surface area contributed by atoms with E-state index in [0.717, 1.165) is 5.56 Å². The van der Waals surface area contributed by atoms with Crippen LogP contribution in [0.2, 0.25) is 0 Å². The van der Waals surface area contributed by atoms with Crippen molar-refractivity contribution in [2.45, 2.75) is 6.92 Å². The molecule has 0 aromatic carbocycles. The Morgan fingerprint density at radius 2 is 2.42 bits per heavy atom. The summed E-state index contributed by atoms with van der Waals surface area (Å²) < 4.78 is 4.66. The zero-order valence-corrected chi connectivity index (χ0v) is 11.3. The number of nitrogens with one attached hydrogen (secondary N) is 1. The monoisotopic (exact) mass is 276 g/mol. The van der Waals surface area contributed by atoms with Crippen LogP contribution in [0.4, 0.5) is 5.13 Å². The molecule has 0 bridgehead atoms. The van der Waals surface area contributed by atoms with Gasteiger partial charge in [-0.15, -0.1) is 0 Å². The molecule has 0 aliphatic carbocycles. The summed E-state index contributed by atoms with van der Waals surface area (Å²) in [6.07, 6.45) is 5.01. The van der Waals surface area contributed by atoms with Crippen LogP contribution in [0, 0.1) is 6.92 Å². The Morgan fingerprint density at radius 1 is 1.58 bits per heavy atom. The van der Waals surface area contributed by atoms with E-state index in [1.54, 1.807) is 25.5 Å². The molecule has 6 nitrogen and oxygen atoms in total. The smallest absolute Gasteiger partial charge is 0.350 e. The lowest BCUT2D eigenvalue weighted by atomic mass is 10.3. The Kier molecular flexibility index (Phi) is 4.19. The number of ether oxygens (including phenoxy) is 1. The molecule has 1 N–H and O–H groups in total. The minimum Gasteiger partial charge on any atom is -0.465 e. The van der Waals surface area contributed by atoms with Gasteiger partial charge in [0, 0.05) is 18.0 Å². The summed E-state index contributed by atoms with van der Waals surface area (Å²) in [5.74, 6) is -0.390. The first kappa shape index (κ1) is 13.2. The predicted octanol–water partition coefficient (Wildman–Crippen LogP) is 2.08. The summed E-state index contributed by atoms with van der Waals surface area (Å²) in [7, 11) is 1.34. The van der Waals surface area contributed by atoms with Crippen LogP contribution in [-0.4, -0.2) is 29.3 Å². The van der Waals surface area contributed by atoms with E-state index in [4.69, 9.17) is 0 Å². The Hall–Kier alpha value is -2.28. The van der Waals surface area contributed by atoms with E-state index in [-0.39, 0.29) is 5.97 Å². The van der Waals surface area contributed by atoms with Crippen molar-refractivity contribution in [1.29, 1.82) is 0 Å². The fraction of sp³-hybridized carbons (Fsp3) is 0.167. The van der Waals surface area contributed by atoms with Crippen LogP contribution in [0.15, 0.2) is 29.6 Å². The van der Waals surface area contributed by atoms with Crippen LogP contribution in [0.25, 0.3) is 0 Å². The van der Waals surface area contributed by atoms with Crippen LogP contribution >= 0.6 is 11.3 Å². The number of esters is 1. The summed E-state index contributed by atoms with van der Waals surface area (Å²) in [6, 6.07) is 3.70. The molecule has 98 valence electrons. The lowest BCUT2D eigenvalue weighted by Gasteiger charge is -1.93. The van der Waals surface area contributed by atoms with Crippen LogP contribution in [0.5, 0.6) is 0 Å². The normalized spacial score (nSPS) is 10.6. The summed E-state index contributed by atoms with van der Waals surface area (Å²) >= 11 is 1.20. The predicted molar refractivity (Wildman–Crippen MR) is 73.6 cm³/mol. The summed E-state index contributed by atoms with van der Waals surface area (Å²) in [5, 5.41) is 4.57. The van der Waals surface area contributed by atoms with Gasteiger partial charge in [-0.05, 0) is 13.0 Å². The molecule has 0 aliphatic rings. The number of aromatic nitrogens is 2. The molecule has 0 saturated carbocycles. The number of methoxy groups -OCH3 is 1. The van der Waals surface area contributed by atoms with Gasteiger partial charge in [0.05, 0.1) is 19.0 Å². The number of hydrogen-bond donors (Lipinski definition) is 1. The van der Waals surface area contributed by atoms with Crippen LogP contribution in [0.1, 0.15) is 20.9 Å². The van der Waals surface area contributed by atoms with Crippen molar-refractivity contribution in [3.8, 4) is 0 Å². The highest BCUT2D eigenvalue weighted by molar-refractivity contribution is 7.17. The molecule has 0 spiro atoms. The van der Waals surface area contributed by atoms with E-state index in [1.165, 1.54) is 18.4 Å². The number of hydrazone groups is 1. The van der Waals surface area contributed by atoms with E-state index in [0.29, 0.717) is 15.7 Å². The number of pyridine rings is 1. The lowest BCUT2D eigenvalue weighted by molar-refractivity contribution is 0.0605. The van der Waals surface area contributed by atoms with Gasteiger partial charge >= 0.3 is 5.97 Å². The largest absolute Gasteiger partial charge is 0.465 e. The van der Waals surface area contributed by atoms with Gasteiger partial charge < -0.3 is 4.74 Å². The quantitative estimate of drug-likeness (QED) is 0.525. The Morgan fingerprint density at radius 3 is 3.11 bits per heavy atom. The molecular formula is C12H12N4O2S. The van der Waals surface area contributed by atoms with Crippen LogP contribution in [0.3, 0.4) is 0 Å². The Labute approximate surface area is 114 Å². The maximum atomic E-state index is 11.4. The highest BCUT2D eigenvalue weighted by atomic mass is 32.1. The molecule has 0 fully saturated rings. The highest BCUT2D eigenvalue weighted by Crippen LogP contribution is 2.23. The first-order chi connectivity index (χ1) is 9.20. The van der Waals surface area contributed by atoms with E-state index in [2.05, 4.69) is 25.2 Å². The average molecular weight is 276 g/mol. The number of nitrogens with zero attached hydrogens (tertiary/aromatic N) is 3. The number of rotatable bonds is 4. The molecule has 0 aliphatic heterocycles. The standard InChI is InChI=1S/C12H12N4O2S/c1-8-10(11(17)18-2)19-12(15-8)16-14-7-9-4-3-5-13-6-9/h3-7H,1-2H3,(H,15,16)/b14-7+. The third kappa shape index (κ3) is 3.35. The molecule has 2 heterocycles. The van der Waals surface area contributed by atoms with Gasteiger partial charge in [-0.25, -0.2) is 9.78 Å². The summed E-state index contributed by atoms with van der Waals surface area (Å²) in [5.41, 5.74) is 4.27. The minimum absolute atomic E-state index is 0.390. The van der Waals surface area contributed by atoms with Crippen molar-refractivity contribution >= 4 is 28.7 Å². The molecule has 0 amide bonds. The van der Waals surface area contributed by atoms with Crippen molar-refractivity contribution in [1.82, 2.24) is 9.97 Å². The first-order valence-electron chi connectivity index (χ1n) is 5.45. The summed E-state index contributed by atoms with van der Waals surface area (Å²) in [6.45, 7) is 1.75. The van der Waals surface area contributed by atoms with E-state index < -0.39 is 0 Å². The second-order valence-corrected chi connectivity index (χ2v) is 4.58. The zero-order valence-electron chi connectivity index (χ0n) is 10.5. The molecule has 2 aromatic rings. The van der Waals surface area contributed by atoms with Gasteiger partial charge in [0.15, 0.2) is 0 Å². The van der Waals surface area contributed by atoms with E-state index >= 15 is 0 Å². The van der Waals surface area contributed by atoms with Crippen molar-refractivity contribution < 1.29 is 9.53 Å². The molecule has 2 rings (SSSR count). The zero-order chi connectivity index (χ0) is 13.7. The maximum absolute atomic E-state index is 11.4. The number of thiazole rings is 1. The van der Waals surface area contributed by atoms with E-state index in [9.17, 15) is 4.79 Å². The molecular weight excluding hydrogens is 264 g/mol. The number of hydrogen-bond acceptors (Lipinski definition) is 7. The van der Waals surface area contributed by atoms with Gasteiger partial charge in [-0.2, -0.15) is 5.10 Å². The molecule has 0 saturated heterocycles. The first-order valence-corrected chi connectivity index (χ1v) is 6.27. The fourth-order valence-corrected chi connectivity index (χ4v) is 2.17. The van der Waals surface area contributed by atoms with Gasteiger partial charge in [-0.1, -0.05) is 17.4 Å². The van der Waals surface area contributed by atoms with Crippen molar-refractivity contribution in [3.63, 3.8) is 0 Å². The summed E-state index contributed by atoms with van der Waals surface area (Å²) in [4.78, 5) is 20.0. The Bertz CT molecular complexity index is 595. The molecule has 0 atom stereocenters. The number of carbonyl (C=O) groups excluding carboxylic acids is 1. The topological polar surface area (TPSA) is 76.5 Å². The fourth-order valence-electron chi connectivity index (χ4n) is 1.34. The van der Waals surface area contributed by atoms with Crippen molar-refractivity contribution in [2.24, 2.45) is 5.10 Å². The Balaban J connectivity index is 2.04. The second-order valence-electron chi connectivity index (χ2n) is 3.58. The number of aryl methyl sites for hydroxylation is 1. The van der Waals surface area contributed by atoms with Gasteiger partial charge in [0.25, 0.3) is 0 Å². The van der Waals surface area contributed by atoms with Crippen LogP contribution in [-0.2, 0) is 4.74 Å². The maximum Gasteiger partial charge on any atom is 0.350 e. The molecule has 0 unspecified atom stereocenters. The minimum atomic E-state index is -0.390. The van der Waals surface area contributed by atoms with Gasteiger partial charge in [0.1, 0.15) is 4.88 Å². The average Bonchev–Trinajstić information content (AvgIpc) is 2.80. The third-order valence-electron chi connectivity index (χ3n) is 2.23. The van der Waals surface area contributed by atoms with Crippen molar-refractivity contribution in [2.75, 3.05) is 12.5 Å². The van der Waals surface area contributed by atoms with Crippen molar-refractivity contribution in [3.05, 3.63) is 40.7 Å². The molecule has 0 radical (unpaired) electrons. The lowest BCUT2D eigenvalue weighted by Crippen LogP contribution is -1.99. The highest BCUT2D eigenvalue weighted by Gasteiger charge is 2.15. The van der Waals surface area contributed by atoms with Gasteiger partial charge in [-0.3, -0.25) is 10.4 Å². The second kappa shape index (κ2) is 6.05. The van der Waals surface area contributed by atoms with Gasteiger partial charge in [0.2, 0.25) is 5.13 Å². The van der Waals surface area contributed by atoms with E-state index in [1.807, 2.05) is 12.1 Å². The SMILES string of the molecule is COC(=O)c1sc(N/N=C/c2cccnc2)nc1C. The van der Waals surface area contributed by atoms with Crippen LogP contribution < -0.4 is 5.43 Å².